The molecule has 2 aliphatic heterocycles. The maximum absolute atomic E-state index is 12.3. The molecule has 2 N–H and O–H groups in total. The molecule has 2 amide bonds. The van der Waals surface area contributed by atoms with Crippen molar-refractivity contribution in [3.63, 3.8) is 0 Å². The number of nitrogens with zero attached hydrogens (tertiary/aromatic N) is 2. The van der Waals surface area contributed by atoms with Crippen LogP contribution in [-0.2, 0) is 16.1 Å². The molecule has 0 spiro atoms. The maximum atomic E-state index is 12.3. The topological polar surface area (TPSA) is 95.3 Å². The second kappa shape index (κ2) is 9.28. The number of nitrogens with one attached hydrogen (secondary N) is 1. The fourth-order valence-corrected chi connectivity index (χ4v) is 4.19. The lowest BCUT2D eigenvalue weighted by Gasteiger charge is -2.38. The van der Waals surface area contributed by atoms with Crippen LogP contribution in [0, 0.1) is 11.8 Å². The first-order chi connectivity index (χ1) is 14.1. The molecule has 2 saturated heterocycles. The van der Waals surface area contributed by atoms with Crippen LogP contribution in [0.2, 0.25) is 0 Å². The molecule has 1 saturated carbocycles. The van der Waals surface area contributed by atoms with Gasteiger partial charge in [0.05, 0.1) is 6.10 Å². The molecule has 3 heterocycles. The van der Waals surface area contributed by atoms with Gasteiger partial charge in [-0.1, -0.05) is 0 Å². The van der Waals surface area contributed by atoms with Gasteiger partial charge in [0.25, 0.3) is 5.91 Å². The van der Waals surface area contributed by atoms with Crippen molar-refractivity contribution in [3.8, 4) is 0 Å². The van der Waals surface area contributed by atoms with Gasteiger partial charge in [-0.05, 0) is 62.7 Å². The lowest BCUT2D eigenvalue weighted by Crippen LogP contribution is -2.52. The van der Waals surface area contributed by atoms with Crippen LogP contribution >= 0.6 is 0 Å². The summed E-state index contributed by atoms with van der Waals surface area (Å²) < 4.78 is 10.8. The van der Waals surface area contributed by atoms with Crippen molar-refractivity contribution in [1.29, 1.82) is 0 Å². The minimum Gasteiger partial charge on any atom is -0.453 e. The number of piperidine rings is 1. The van der Waals surface area contributed by atoms with Crippen molar-refractivity contribution >= 4 is 11.8 Å². The standard InChI is InChI=1S/C21H31N3O5/c25-13-17-3-4-19(29-17)21(27)22-9-18-12-24(20(26)14-28-18)11-16-5-7-23(8-6-16)10-15-1-2-15/h3-4,15-16,18,25H,1-2,5-14H2,(H,22,27). The van der Waals surface area contributed by atoms with Crippen LogP contribution in [-0.4, -0.2) is 78.7 Å². The smallest absolute Gasteiger partial charge is 0.287 e. The van der Waals surface area contributed by atoms with Crippen LogP contribution in [0.1, 0.15) is 42.0 Å². The van der Waals surface area contributed by atoms with E-state index in [4.69, 9.17) is 14.3 Å². The first-order valence-corrected chi connectivity index (χ1v) is 10.7. The second-order valence-electron chi connectivity index (χ2n) is 8.55. The van der Waals surface area contributed by atoms with E-state index in [9.17, 15) is 9.59 Å². The summed E-state index contributed by atoms with van der Waals surface area (Å²) in [6.45, 7) is 4.95. The summed E-state index contributed by atoms with van der Waals surface area (Å²) in [5, 5.41) is 11.8. The number of likely N-dealkylation sites (tertiary alicyclic amines) is 1. The molecule has 160 valence electrons. The van der Waals surface area contributed by atoms with Gasteiger partial charge in [-0.2, -0.15) is 0 Å². The van der Waals surface area contributed by atoms with E-state index in [0.717, 1.165) is 38.4 Å². The average Bonchev–Trinajstić information content (AvgIpc) is 3.41. The lowest BCUT2D eigenvalue weighted by atomic mass is 9.95. The second-order valence-corrected chi connectivity index (χ2v) is 8.55. The number of furan rings is 1. The van der Waals surface area contributed by atoms with Gasteiger partial charge in [0.2, 0.25) is 5.91 Å². The van der Waals surface area contributed by atoms with Gasteiger partial charge in [-0.3, -0.25) is 9.59 Å². The van der Waals surface area contributed by atoms with Gasteiger partial charge < -0.3 is 29.4 Å². The maximum Gasteiger partial charge on any atom is 0.287 e. The van der Waals surface area contributed by atoms with Crippen LogP contribution in [0.15, 0.2) is 16.5 Å². The molecule has 0 aromatic carbocycles. The Balaban J connectivity index is 1.20. The summed E-state index contributed by atoms with van der Waals surface area (Å²) in [7, 11) is 0. The van der Waals surface area contributed by atoms with Crippen molar-refractivity contribution in [3.05, 3.63) is 23.7 Å². The molecular formula is C21H31N3O5. The highest BCUT2D eigenvalue weighted by Crippen LogP contribution is 2.31. The third kappa shape index (κ3) is 5.58. The fourth-order valence-electron chi connectivity index (χ4n) is 4.19. The molecule has 1 aromatic rings. The summed E-state index contributed by atoms with van der Waals surface area (Å²) in [6.07, 6.45) is 4.85. The zero-order chi connectivity index (χ0) is 20.2. The van der Waals surface area contributed by atoms with E-state index in [1.54, 1.807) is 6.07 Å². The van der Waals surface area contributed by atoms with Crippen LogP contribution < -0.4 is 5.32 Å². The number of carbonyl (C=O) groups is 2. The Morgan fingerprint density at radius 3 is 2.59 bits per heavy atom. The molecule has 0 bridgehead atoms. The first-order valence-electron chi connectivity index (χ1n) is 10.7. The van der Waals surface area contributed by atoms with Crippen molar-refractivity contribution in [2.75, 3.05) is 45.9 Å². The molecule has 3 fully saturated rings. The summed E-state index contributed by atoms with van der Waals surface area (Å²) >= 11 is 0. The first kappa shape index (κ1) is 20.4. The van der Waals surface area contributed by atoms with Gasteiger partial charge in [0.15, 0.2) is 5.76 Å². The number of hydrogen-bond acceptors (Lipinski definition) is 6. The minimum absolute atomic E-state index is 0.0339. The molecular weight excluding hydrogens is 374 g/mol. The number of hydrogen-bond donors (Lipinski definition) is 2. The predicted molar refractivity (Wildman–Crippen MR) is 105 cm³/mol. The number of rotatable bonds is 8. The molecule has 1 aromatic heterocycles. The normalized spacial score (nSPS) is 24.1. The molecule has 1 aliphatic carbocycles. The molecule has 8 heteroatoms. The lowest BCUT2D eigenvalue weighted by molar-refractivity contribution is -0.149. The Bertz CT molecular complexity index is 709. The Morgan fingerprint density at radius 2 is 1.90 bits per heavy atom. The van der Waals surface area contributed by atoms with Gasteiger partial charge >= 0.3 is 0 Å². The van der Waals surface area contributed by atoms with Gasteiger partial charge in [0, 0.05) is 26.2 Å². The van der Waals surface area contributed by atoms with E-state index in [0.29, 0.717) is 24.8 Å². The highest BCUT2D eigenvalue weighted by molar-refractivity contribution is 5.91. The van der Waals surface area contributed by atoms with Gasteiger partial charge in [-0.15, -0.1) is 0 Å². The van der Waals surface area contributed by atoms with E-state index < -0.39 is 0 Å². The highest BCUT2D eigenvalue weighted by atomic mass is 16.5. The monoisotopic (exact) mass is 405 g/mol. The molecule has 1 unspecified atom stereocenters. The van der Waals surface area contributed by atoms with E-state index in [2.05, 4.69) is 10.2 Å². The summed E-state index contributed by atoms with van der Waals surface area (Å²) in [6, 6.07) is 3.11. The molecule has 0 radical (unpaired) electrons. The van der Waals surface area contributed by atoms with E-state index in [1.165, 1.54) is 25.5 Å². The minimum atomic E-state index is -0.347. The fraction of sp³-hybridized carbons (Fsp3) is 0.714. The molecule has 3 aliphatic rings. The average molecular weight is 405 g/mol. The van der Waals surface area contributed by atoms with Crippen molar-refractivity contribution in [2.24, 2.45) is 11.8 Å². The third-order valence-electron chi connectivity index (χ3n) is 6.15. The van der Waals surface area contributed by atoms with E-state index >= 15 is 0 Å². The van der Waals surface area contributed by atoms with Crippen molar-refractivity contribution in [2.45, 2.75) is 38.4 Å². The van der Waals surface area contributed by atoms with Crippen molar-refractivity contribution < 1.29 is 23.8 Å². The summed E-state index contributed by atoms with van der Waals surface area (Å²) in [5.41, 5.74) is 0. The van der Waals surface area contributed by atoms with Crippen molar-refractivity contribution in [1.82, 2.24) is 15.1 Å². The van der Waals surface area contributed by atoms with E-state index in [-0.39, 0.29) is 36.9 Å². The summed E-state index contributed by atoms with van der Waals surface area (Å²) in [5.74, 6) is 1.67. The number of aliphatic hydroxyl groups excluding tert-OH is 1. The van der Waals surface area contributed by atoms with Gasteiger partial charge in [0.1, 0.15) is 19.0 Å². The Hall–Kier alpha value is -1.90. The van der Waals surface area contributed by atoms with Crippen LogP contribution in [0.5, 0.6) is 0 Å². The zero-order valence-electron chi connectivity index (χ0n) is 16.8. The van der Waals surface area contributed by atoms with Gasteiger partial charge in [-0.25, -0.2) is 0 Å². The van der Waals surface area contributed by atoms with E-state index in [1.807, 2.05) is 4.90 Å². The molecule has 8 nitrogen and oxygen atoms in total. The Morgan fingerprint density at radius 1 is 1.14 bits per heavy atom. The molecule has 29 heavy (non-hydrogen) atoms. The number of carbonyl (C=O) groups excluding carboxylic acids is 2. The summed E-state index contributed by atoms with van der Waals surface area (Å²) in [4.78, 5) is 28.9. The SMILES string of the molecule is O=C(NCC1CN(CC2CCN(CC3CC3)CC2)C(=O)CO1)c1ccc(CO)o1. The third-order valence-corrected chi connectivity index (χ3v) is 6.15. The number of ether oxygens (including phenoxy) is 1. The number of morpholine rings is 1. The number of amides is 2. The van der Waals surface area contributed by atoms with Crippen LogP contribution in [0.4, 0.5) is 0 Å². The molecule has 1 atom stereocenters. The molecule has 4 rings (SSSR count). The highest BCUT2D eigenvalue weighted by Gasteiger charge is 2.31. The van der Waals surface area contributed by atoms with Crippen LogP contribution in [0.3, 0.4) is 0 Å². The number of aliphatic hydroxyl groups is 1. The largest absolute Gasteiger partial charge is 0.453 e. The quantitative estimate of drug-likeness (QED) is 0.666. The zero-order valence-corrected chi connectivity index (χ0v) is 16.8. The Kier molecular flexibility index (Phi) is 6.52. The predicted octanol–water partition coefficient (Wildman–Crippen LogP) is 0.851. The Labute approximate surface area is 171 Å². The van der Waals surface area contributed by atoms with Crippen LogP contribution in [0.25, 0.3) is 0 Å².